The molecule has 19 heavy (non-hydrogen) atoms. The van der Waals surface area contributed by atoms with E-state index in [0.29, 0.717) is 6.04 Å². The highest BCUT2D eigenvalue weighted by molar-refractivity contribution is 5.15. The number of rotatable bonds is 4. The summed E-state index contributed by atoms with van der Waals surface area (Å²) in [4.78, 5) is 0. The molecule has 0 aromatic carbocycles. The first-order chi connectivity index (χ1) is 9.05. The van der Waals surface area contributed by atoms with E-state index in [1.54, 1.807) is 0 Å². The van der Waals surface area contributed by atoms with Gasteiger partial charge in [-0.15, -0.1) is 0 Å². The van der Waals surface area contributed by atoms with Gasteiger partial charge < -0.3 is 5.32 Å². The van der Waals surface area contributed by atoms with Crippen LogP contribution in [0.25, 0.3) is 0 Å². The molecule has 0 aliphatic heterocycles. The van der Waals surface area contributed by atoms with Gasteiger partial charge in [-0.05, 0) is 64.0 Å². The molecule has 108 valence electrons. The largest absolute Gasteiger partial charge is 0.311 e. The molecule has 1 aliphatic rings. The summed E-state index contributed by atoms with van der Waals surface area (Å²) in [7, 11) is 2.09. The molecule has 3 nitrogen and oxygen atoms in total. The Hall–Kier alpha value is -0.830. The monoisotopic (exact) mass is 263 g/mol. The third-order valence-electron chi connectivity index (χ3n) is 4.55. The van der Waals surface area contributed by atoms with E-state index < -0.39 is 0 Å². The van der Waals surface area contributed by atoms with Gasteiger partial charge in [0, 0.05) is 6.54 Å². The van der Waals surface area contributed by atoms with E-state index in [4.69, 9.17) is 0 Å². The van der Waals surface area contributed by atoms with E-state index in [0.717, 1.165) is 30.0 Å². The van der Waals surface area contributed by atoms with Gasteiger partial charge in [-0.1, -0.05) is 13.8 Å². The highest BCUT2D eigenvalue weighted by atomic mass is 15.3. The van der Waals surface area contributed by atoms with E-state index in [1.165, 1.54) is 25.0 Å². The Bertz CT molecular complexity index is 400. The Kier molecular flexibility index (Phi) is 4.67. The molecule has 0 spiro atoms. The lowest BCUT2D eigenvalue weighted by molar-refractivity contribution is 0.176. The summed E-state index contributed by atoms with van der Waals surface area (Å²) in [5, 5.41) is 8.16. The maximum atomic E-state index is 4.61. The first kappa shape index (κ1) is 14.6. The van der Waals surface area contributed by atoms with E-state index in [1.807, 2.05) is 0 Å². The van der Waals surface area contributed by atoms with Crippen LogP contribution < -0.4 is 5.32 Å². The fraction of sp³-hybridized carbons (Fsp3) is 0.812. The second kappa shape index (κ2) is 6.08. The zero-order valence-electron chi connectivity index (χ0n) is 13.1. The van der Waals surface area contributed by atoms with Crippen molar-refractivity contribution in [1.82, 2.24) is 15.1 Å². The average molecular weight is 263 g/mol. The van der Waals surface area contributed by atoms with Crippen LogP contribution in [0.3, 0.4) is 0 Å². The van der Waals surface area contributed by atoms with Crippen LogP contribution in [-0.2, 0) is 6.54 Å². The van der Waals surface area contributed by atoms with Gasteiger partial charge in [0.15, 0.2) is 0 Å². The molecule has 1 saturated carbocycles. The van der Waals surface area contributed by atoms with Crippen LogP contribution in [0.2, 0.25) is 0 Å². The quantitative estimate of drug-likeness (QED) is 0.900. The molecule has 1 aromatic rings. The van der Waals surface area contributed by atoms with Crippen LogP contribution in [0, 0.1) is 24.7 Å². The highest BCUT2D eigenvalue weighted by Crippen LogP contribution is 2.39. The maximum absolute atomic E-state index is 4.61. The Balaban J connectivity index is 2.23. The van der Waals surface area contributed by atoms with Crippen molar-refractivity contribution in [2.45, 2.75) is 59.5 Å². The number of aromatic nitrogens is 2. The van der Waals surface area contributed by atoms with E-state index >= 15 is 0 Å². The van der Waals surface area contributed by atoms with Gasteiger partial charge in [0.25, 0.3) is 0 Å². The summed E-state index contributed by atoms with van der Waals surface area (Å²) in [6.07, 6.45) is 4.06. The molecule has 3 unspecified atom stereocenters. The smallest absolute Gasteiger partial charge is 0.0597 e. The van der Waals surface area contributed by atoms with Crippen molar-refractivity contribution in [1.29, 1.82) is 0 Å². The zero-order chi connectivity index (χ0) is 14.0. The van der Waals surface area contributed by atoms with Crippen LogP contribution in [0.4, 0.5) is 0 Å². The molecular weight excluding hydrogens is 234 g/mol. The molecule has 0 radical (unpaired) electrons. The van der Waals surface area contributed by atoms with Gasteiger partial charge in [0.05, 0.1) is 17.4 Å². The lowest BCUT2D eigenvalue weighted by Gasteiger charge is -2.36. The van der Waals surface area contributed by atoms with E-state index in [9.17, 15) is 0 Å². The third kappa shape index (κ3) is 3.19. The minimum atomic E-state index is 0.450. The first-order valence-electron chi connectivity index (χ1n) is 7.76. The van der Waals surface area contributed by atoms with Crippen molar-refractivity contribution < 1.29 is 0 Å². The Morgan fingerprint density at radius 3 is 2.47 bits per heavy atom. The second-order valence-electron chi connectivity index (χ2n) is 6.47. The summed E-state index contributed by atoms with van der Waals surface area (Å²) in [6.45, 7) is 10.0. The molecule has 1 heterocycles. The van der Waals surface area contributed by atoms with Crippen LogP contribution >= 0.6 is 0 Å². The number of aryl methyl sites for hydroxylation is 2. The zero-order valence-corrected chi connectivity index (χ0v) is 13.1. The van der Waals surface area contributed by atoms with Gasteiger partial charge in [-0.2, -0.15) is 5.10 Å². The SMILES string of the molecule is CCn1nc(C)cc1C(NC)C1CC(C)CC(C)C1. The third-order valence-corrected chi connectivity index (χ3v) is 4.55. The van der Waals surface area contributed by atoms with Crippen molar-refractivity contribution in [3.63, 3.8) is 0 Å². The lowest BCUT2D eigenvalue weighted by Crippen LogP contribution is -2.32. The molecular formula is C16H29N3. The molecule has 3 atom stereocenters. The normalized spacial score (nSPS) is 29.4. The molecule has 1 aromatic heterocycles. The molecule has 0 saturated heterocycles. The van der Waals surface area contributed by atoms with Crippen LogP contribution in [0.1, 0.15) is 57.5 Å². The summed E-state index contributed by atoms with van der Waals surface area (Å²) < 4.78 is 2.17. The standard InChI is InChI=1S/C16H29N3/c1-6-19-15(10-13(4)18-19)16(17-5)14-8-11(2)7-12(3)9-14/h10-12,14,16-17H,6-9H2,1-5H3. The fourth-order valence-corrected chi connectivity index (χ4v) is 3.98. The number of hydrogen-bond acceptors (Lipinski definition) is 2. The first-order valence-corrected chi connectivity index (χ1v) is 7.76. The second-order valence-corrected chi connectivity index (χ2v) is 6.47. The van der Waals surface area contributed by atoms with Gasteiger partial charge in [0.2, 0.25) is 0 Å². The highest BCUT2D eigenvalue weighted by Gasteiger charge is 2.31. The van der Waals surface area contributed by atoms with Crippen LogP contribution in [0.15, 0.2) is 6.07 Å². The Morgan fingerprint density at radius 2 is 1.95 bits per heavy atom. The van der Waals surface area contributed by atoms with Gasteiger partial charge in [-0.3, -0.25) is 4.68 Å². The Labute approximate surface area is 117 Å². The van der Waals surface area contributed by atoms with E-state index in [2.05, 4.69) is 55.9 Å². The van der Waals surface area contributed by atoms with Crippen molar-refractivity contribution >= 4 is 0 Å². The molecule has 1 N–H and O–H groups in total. The molecule has 0 amide bonds. The van der Waals surface area contributed by atoms with Crippen molar-refractivity contribution in [3.05, 3.63) is 17.5 Å². The fourth-order valence-electron chi connectivity index (χ4n) is 3.98. The maximum Gasteiger partial charge on any atom is 0.0597 e. The summed E-state index contributed by atoms with van der Waals surface area (Å²) in [6, 6.07) is 2.71. The summed E-state index contributed by atoms with van der Waals surface area (Å²) >= 11 is 0. The van der Waals surface area contributed by atoms with E-state index in [-0.39, 0.29) is 0 Å². The van der Waals surface area contributed by atoms with Gasteiger partial charge in [0.1, 0.15) is 0 Å². The number of nitrogens with zero attached hydrogens (tertiary/aromatic N) is 2. The average Bonchev–Trinajstić information content (AvgIpc) is 2.70. The minimum Gasteiger partial charge on any atom is -0.311 e. The predicted octanol–water partition coefficient (Wildman–Crippen LogP) is 3.54. The minimum absolute atomic E-state index is 0.450. The molecule has 2 rings (SSSR count). The molecule has 3 heteroatoms. The lowest BCUT2D eigenvalue weighted by atomic mass is 9.73. The molecule has 1 aliphatic carbocycles. The summed E-state index contributed by atoms with van der Waals surface area (Å²) in [5.74, 6) is 2.44. The topological polar surface area (TPSA) is 29.9 Å². The van der Waals surface area contributed by atoms with Gasteiger partial charge in [-0.25, -0.2) is 0 Å². The van der Waals surface area contributed by atoms with Crippen LogP contribution in [-0.4, -0.2) is 16.8 Å². The Morgan fingerprint density at radius 1 is 1.32 bits per heavy atom. The van der Waals surface area contributed by atoms with Crippen molar-refractivity contribution in [3.8, 4) is 0 Å². The number of hydrogen-bond donors (Lipinski definition) is 1. The molecule has 0 bridgehead atoms. The summed E-state index contributed by atoms with van der Waals surface area (Å²) in [5.41, 5.74) is 2.50. The number of nitrogens with one attached hydrogen (secondary N) is 1. The van der Waals surface area contributed by atoms with Crippen LogP contribution in [0.5, 0.6) is 0 Å². The van der Waals surface area contributed by atoms with Crippen molar-refractivity contribution in [2.24, 2.45) is 17.8 Å². The predicted molar refractivity (Wildman–Crippen MR) is 80.1 cm³/mol. The van der Waals surface area contributed by atoms with Gasteiger partial charge >= 0.3 is 0 Å². The molecule has 1 fully saturated rings. The van der Waals surface area contributed by atoms with Crippen molar-refractivity contribution in [2.75, 3.05) is 7.05 Å².